The average molecular weight is 667 g/mol. The summed E-state index contributed by atoms with van der Waals surface area (Å²) in [6.07, 6.45) is 0. The molecule has 51 heavy (non-hydrogen) atoms. The van der Waals surface area contributed by atoms with Crippen LogP contribution in [0.1, 0.15) is 0 Å². The minimum Gasteiger partial charge on any atom is -0.308 e. The van der Waals surface area contributed by atoms with Crippen molar-refractivity contribution in [2.75, 3.05) is 0 Å². The Balaban J connectivity index is 1.34. The molecule has 0 bridgehead atoms. The third kappa shape index (κ3) is 3.63. The van der Waals surface area contributed by atoms with E-state index in [-0.39, 0.29) is 0 Å². The standard InChI is InChI=1S/C46H26N4S/c1-3-13-27(14-4-1)29-23-24-37-34(25-29)40-38(26-33-30-17-7-10-20-35(30)49-36-21-11-8-18-31(36)41(40)43(33)49)50(37)45-42-32-19-9-12-22-39(32)51-46(42)48-44(47-45)28-15-5-2-6-16-28/h1-26H. The van der Waals surface area contributed by atoms with Gasteiger partial charge in [-0.15, -0.1) is 11.3 Å². The summed E-state index contributed by atoms with van der Waals surface area (Å²) in [4.78, 5) is 11.7. The van der Waals surface area contributed by atoms with Crippen LogP contribution < -0.4 is 0 Å². The first-order chi connectivity index (χ1) is 25.3. The Morgan fingerprint density at radius 2 is 1.08 bits per heavy atom. The fourth-order valence-corrected chi connectivity index (χ4v) is 9.61. The quantitative estimate of drug-likeness (QED) is 0.188. The Hall–Kier alpha value is -6.56. The zero-order valence-electron chi connectivity index (χ0n) is 27.2. The molecule has 0 aliphatic heterocycles. The van der Waals surface area contributed by atoms with E-state index in [9.17, 15) is 0 Å². The van der Waals surface area contributed by atoms with Crippen molar-refractivity contribution in [1.29, 1.82) is 0 Å². The molecule has 5 heterocycles. The maximum Gasteiger partial charge on any atom is 0.163 e. The van der Waals surface area contributed by atoms with Crippen molar-refractivity contribution in [3.8, 4) is 28.3 Å². The lowest BCUT2D eigenvalue weighted by Gasteiger charge is -2.12. The minimum absolute atomic E-state index is 0.730. The second-order valence-electron chi connectivity index (χ2n) is 13.4. The van der Waals surface area contributed by atoms with Crippen molar-refractivity contribution in [2.45, 2.75) is 0 Å². The van der Waals surface area contributed by atoms with Crippen LogP contribution >= 0.6 is 11.3 Å². The second-order valence-corrected chi connectivity index (χ2v) is 14.4. The first-order valence-corrected chi connectivity index (χ1v) is 18.1. The molecule has 0 aliphatic carbocycles. The highest BCUT2D eigenvalue weighted by atomic mass is 32.1. The Morgan fingerprint density at radius 3 is 1.88 bits per heavy atom. The van der Waals surface area contributed by atoms with Gasteiger partial charge in [0.1, 0.15) is 4.83 Å². The molecule has 0 saturated heterocycles. The number of hydrogen-bond acceptors (Lipinski definition) is 3. The predicted molar refractivity (Wildman–Crippen MR) is 215 cm³/mol. The fraction of sp³-hybridized carbons (Fsp3) is 0. The van der Waals surface area contributed by atoms with Gasteiger partial charge in [-0.1, -0.05) is 121 Å². The summed E-state index contributed by atoms with van der Waals surface area (Å²) in [6, 6.07) is 56.8. The summed E-state index contributed by atoms with van der Waals surface area (Å²) >= 11 is 1.74. The molecular formula is C46H26N4S. The molecule has 5 aromatic heterocycles. The summed E-state index contributed by atoms with van der Waals surface area (Å²) in [7, 11) is 0. The summed E-state index contributed by atoms with van der Waals surface area (Å²) in [5.74, 6) is 1.64. The molecule has 0 atom stereocenters. The molecule has 0 N–H and O–H groups in total. The maximum atomic E-state index is 5.51. The van der Waals surface area contributed by atoms with Crippen LogP contribution in [0, 0.1) is 0 Å². The molecule has 0 aliphatic rings. The van der Waals surface area contributed by atoms with E-state index >= 15 is 0 Å². The number of para-hydroxylation sites is 2. The van der Waals surface area contributed by atoms with Crippen molar-refractivity contribution in [3.63, 3.8) is 0 Å². The van der Waals surface area contributed by atoms with Crippen molar-refractivity contribution in [3.05, 3.63) is 158 Å². The van der Waals surface area contributed by atoms with Crippen LogP contribution in [-0.4, -0.2) is 18.9 Å². The number of thiophene rings is 1. The summed E-state index contributed by atoms with van der Waals surface area (Å²) in [5.41, 5.74) is 9.40. The molecule has 0 spiro atoms. The largest absolute Gasteiger partial charge is 0.308 e. The van der Waals surface area contributed by atoms with E-state index in [1.165, 1.54) is 70.1 Å². The number of aromatic nitrogens is 4. The highest BCUT2D eigenvalue weighted by Gasteiger charge is 2.26. The third-order valence-electron chi connectivity index (χ3n) is 10.7. The third-order valence-corrected chi connectivity index (χ3v) is 11.7. The molecule has 12 aromatic rings. The Kier molecular flexibility index (Phi) is 5.35. The van der Waals surface area contributed by atoms with Gasteiger partial charge in [0.25, 0.3) is 0 Å². The van der Waals surface area contributed by atoms with E-state index < -0.39 is 0 Å². The Morgan fingerprint density at radius 1 is 0.412 bits per heavy atom. The lowest BCUT2D eigenvalue weighted by atomic mass is 9.99. The van der Waals surface area contributed by atoms with Crippen LogP contribution in [-0.2, 0) is 0 Å². The fourth-order valence-electron chi connectivity index (χ4n) is 8.54. The summed E-state index contributed by atoms with van der Waals surface area (Å²) in [5, 5.41) is 9.77. The van der Waals surface area contributed by atoms with Gasteiger partial charge in [-0.05, 0) is 47.5 Å². The van der Waals surface area contributed by atoms with Crippen LogP contribution in [0.15, 0.2) is 158 Å². The van der Waals surface area contributed by atoms with Crippen molar-refractivity contribution in [1.82, 2.24) is 18.9 Å². The zero-order valence-corrected chi connectivity index (χ0v) is 28.0. The van der Waals surface area contributed by atoms with Gasteiger partial charge in [0, 0.05) is 48.0 Å². The van der Waals surface area contributed by atoms with E-state index in [2.05, 4.69) is 161 Å². The average Bonchev–Trinajstić information content (AvgIpc) is 3.93. The topological polar surface area (TPSA) is 35.1 Å². The van der Waals surface area contributed by atoms with E-state index in [4.69, 9.17) is 9.97 Å². The van der Waals surface area contributed by atoms with Gasteiger partial charge in [0.15, 0.2) is 11.6 Å². The van der Waals surface area contributed by atoms with Gasteiger partial charge >= 0.3 is 0 Å². The van der Waals surface area contributed by atoms with Gasteiger partial charge in [0.05, 0.1) is 33.0 Å². The smallest absolute Gasteiger partial charge is 0.163 e. The lowest BCUT2D eigenvalue weighted by molar-refractivity contribution is 1.08. The molecule has 0 amide bonds. The summed E-state index contributed by atoms with van der Waals surface area (Å²) in [6.45, 7) is 0. The van der Waals surface area contributed by atoms with E-state index in [1.54, 1.807) is 11.3 Å². The lowest BCUT2D eigenvalue weighted by Crippen LogP contribution is -2.01. The first-order valence-electron chi connectivity index (χ1n) is 17.3. The molecule has 4 nitrogen and oxygen atoms in total. The molecule has 5 heteroatoms. The van der Waals surface area contributed by atoms with Crippen LogP contribution in [0.4, 0.5) is 0 Å². The van der Waals surface area contributed by atoms with Crippen LogP contribution in [0.25, 0.3) is 109 Å². The van der Waals surface area contributed by atoms with Crippen molar-refractivity contribution in [2.24, 2.45) is 0 Å². The van der Waals surface area contributed by atoms with Crippen molar-refractivity contribution < 1.29 is 0 Å². The van der Waals surface area contributed by atoms with Gasteiger partial charge < -0.3 is 4.40 Å². The normalized spacial score (nSPS) is 12.3. The monoisotopic (exact) mass is 666 g/mol. The SMILES string of the molecule is c1ccc(-c2ccc3c(c2)c2c4c5ccccc5n5c6ccccc6c(cc2n3-c2nc(-c3ccccc3)nc3sc6ccccc6c23)c45)cc1. The number of fused-ring (bicyclic) bond motifs is 13. The zero-order chi connectivity index (χ0) is 33.2. The number of rotatable bonds is 3. The molecule has 236 valence electrons. The van der Waals surface area contributed by atoms with Gasteiger partial charge in [-0.25, -0.2) is 9.97 Å². The predicted octanol–water partition coefficient (Wildman–Crippen LogP) is 12.4. The van der Waals surface area contributed by atoms with Gasteiger partial charge in [-0.3, -0.25) is 4.57 Å². The highest BCUT2D eigenvalue weighted by Crippen LogP contribution is 2.48. The highest BCUT2D eigenvalue weighted by molar-refractivity contribution is 7.25. The number of hydrogen-bond donors (Lipinski definition) is 0. The molecule has 7 aromatic carbocycles. The second kappa shape index (κ2) is 10.0. The van der Waals surface area contributed by atoms with Crippen LogP contribution in [0.3, 0.4) is 0 Å². The molecule has 0 radical (unpaired) electrons. The first kappa shape index (κ1) is 27.3. The maximum absolute atomic E-state index is 5.51. The molecule has 0 fully saturated rings. The van der Waals surface area contributed by atoms with E-state index in [0.717, 1.165) is 38.5 Å². The van der Waals surface area contributed by atoms with Crippen molar-refractivity contribution >= 4 is 91.5 Å². The molecular weight excluding hydrogens is 641 g/mol. The number of nitrogens with zero attached hydrogens (tertiary/aromatic N) is 4. The van der Waals surface area contributed by atoms with Gasteiger partial charge in [-0.2, -0.15) is 0 Å². The Bertz CT molecular complexity index is 3350. The molecule has 12 rings (SSSR count). The van der Waals surface area contributed by atoms with Crippen LogP contribution in [0.5, 0.6) is 0 Å². The molecule has 0 saturated carbocycles. The number of benzene rings is 7. The Labute approximate surface area is 295 Å². The molecule has 0 unspecified atom stereocenters. The van der Waals surface area contributed by atoms with Crippen LogP contribution in [0.2, 0.25) is 0 Å². The minimum atomic E-state index is 0.730. The van der Waals surface area contributed by atoms with E-state index in [1.807, 2.05) is 6.07 Å². The van der Waals surface area contributed by atoms with Gasteiger partial charge in [0.2, 0.25) is 0 Å². The van der Waals surface area contributed by atoms with E-state index in [0.29, 0.717) is 0 Å². The summed E-state index contributed by atoms with van der Waals surface area (Å²) < 4.78 is 6.11.